The van der Waals surface area contributed by atoms with Gasteiger partial charge in [0.25, 0.3) is 0 Å². The first-order valence-electron chi connectivity index (χ1n) is 16.2. The number of rotatable bonds is 14. The zero-order valence-corrected chi connectivity index (χ0v) is 27.0. The van der Waals surface area contributed by atoms with Gasteiger partial charge in [-0.2, -0.15) is 0 Å². The number of hydrogen-bond donors (Lipinski definition) is 1. The van der Waals surface area contributed by atoms with Gasteiger partial charge in [0.2, 0.25) is 17.7 Å². The van der Waals surface area contributed by atoms with Gasteiger partial charge >= 0.3 is 0 Å². The second-order valence-corrected chi connectivity index (χ2v) is 12.6. The van der Waals surface area contributed by atoms with Crippen LogP contribution in [0.5, 0.6) is 5.75 Å². The number of para-hydroxylation sites is 1. The van der Waals surface area contributed by atoms with Crippen molar-refractivity contribution in [1.29, 1.82) is 0 Å². The van der Waals surface area contributed by atoms with Crippen molar-refractivity contribution in [1.82, 2.24) is 24.8 Å². The molecule has 1 spiro atoms. The molecule has 3 saturated heterocycles. The maximum atomic E-state index is 14.7. The predicted octanol–water partition coefficient (Wildman–Crippen LogP) is 3.17. The Balaban J connectivity index is 1.37. The molecule has 1 aromatic heterocycles. The molecule has 12 heteroatoms. The fourth-order valence-corrected chi connectivity index (χ4v) is 7.80. The van der Waals surface area contributed by atoms with E-state index >= 15 is 0 Å². The van der Waals surface area contributed by atoms with Crippen LogP contribution in [0.2, 0.25) is 0 Å². The highest BCUT2D eigenvalue weighted by Crippen LogP contribution is 2.63. The number of likely N-dealkylation sites (tertiary alicyclic amines) is 1. The summed E-state index contributed by atoms with van der Waals surface area (Å²) in [6.07, 6.45) is 4.50. The molecule has 0 aliphatic carbocycles. The van der Waals surface area contributed by atoms with Crippen LogP contribution < -0.4 is 9.64 Å². The van der Waals surface area contributed by atoms with Gasteiger partial charge in [-0.15, -0.1) is 18.3 Å². The Morgan fingerprint density at radius 2 is 1.85 bits per heavy atom. The first kappa shape index (κ1) is 32.4. The number of amides is 3. The number of nitrogens with zero attached hydrogens (tertiary/aromatic N) is 6. The molecule has 47 heavy (non-hydrogen) atoms. The summed E-state index contributed by atoms with van der Waals surface area (Å²) in [5.41, 5.74) is -0.0819. The lowest BCUT2D eigenvalue weighted by molar-refractivity contribution is -0.152. The van der Waals surface area contributed by atoms with E-state index in [1.807, 2.05) is 50.2 Å². The van der Waals surface area contributed by atoms with E-state index in [9.17, 15) is 19.5 Å². The Kier molecular flexibility index (Phi) is 8.91. The van der Waals surface area contributed by atoms with Crippen molar-refractivity contribution in [2.45, 2.75) is 57.0 Å². The van der Waals surface area contributed by atoms with Gasteiger partial charge in [0, 0.05) is 31.9 Å². The van der Waals surface area contributed by atoms with E-state index in [0.29, 0.717) is 36.4 Å². The molecule has 2 aromatic carbocycles. The average Bonchev–Trinajstić information content (AvgIpc) is 3.78. The maximum Gasteiger partial charge on any atom is 0.250 e. The van der Waals surface area contributed by atoms with Crippen LogP contribution >= 0.6 is 0 Å². The first-order valence-corrected chi connectivity index (χ1v) is 16.2. The number of aromatic nitrogens is 3. The van der Waals surface area contributed by atoms with Crippen molar-refractivity contribution in [3.8, 4) is 5.75 Å². The van der Waals surface area contributed by atoms with Gasteiger partial charge in [-0.25, -0.2) is 4.68 Å². The largest absolute Gasteiger partial charge is 0.494 e. The summed E-state index contributed by atoms with van der Waals surface area (Å²) >= 11 is 0. The van der Waals surface area contributed by atoms with Crippen molar-refractivity contribution in [2.75, 3.05) is 37.7 Å². The minimum absolute atomic E-state index is 0.0785. The van der Waals surface area contributed by atoms with Crippen LogP contribution in [0.25, 0.3) is 11.0 Å². The van der Waals surface area contributed by atoms with E-state index in [2.05, 4.69) is 23.5 Å². The maximum absolute atomic E-state index is 14.7. The van der Waals surface area contributed by atoms with Crippen LogP contribution in [0, 0.1) is 11.8 Å². The van der Waals surface area contributed by atoms with Gasteiger partial charge < -0.3 is 29.3 Å². The lowest BCUT2D eigenvalue weighted by atomic mass is 9.66. The zero-order valence-electron chi connectivity index (χ0n) is 27.0. The lowest BCUT2D eigenvalue weighted by Crippen LogP contribution is -2.56. The number of aliphatic hydroxyl groups is 1. The number of ether oxygens (including phenoxy) is 2. The third kappa shape index (κ3) is 5.39. The SMILES string of the molecule is C=CCN(Cn1nnc2ccccc21)C(=O)C1N(CCCO)C(=O)[C@@H]2[C@@H](C(=O)N(CC=C)c3ccc(OCC)cc3)[C@@]3(C)CCC12O3. The minimum Gasteiger partial charge on any atom is -0.494 e. The molecule has 2 unspecified atom stereocenters. The summed E-state index contributed by atoms with van der Waals surface area (Å²) in [7, 11) is 0. The molecule has 1 N–H and O–H groups in total. The molecule has 5 atom stereocenters. The average molecular weight is 643 g/mol. The number of anilines is 1. The number of fused-ring (bicyclic) bond motifs is 2. The summed E-state index contributed by atoms with van der Waals surface area (Å²) in [4.78, 5) is 48.6. The van der Waals surface area contributed by atoms with E-state index in [0.717, 1.165) is 5.52 Å². The molecule has 0 radical (unpaired) electrons. The van der Waals surface area contributed by atoms with Crippen LogP contribution in [0.15, 0.2) is 73.8 Å². The van der Waals surface area contributed by atoms with Crippen molar-refractivity contribution >= 4 is 34.4 Å². The molecular weight excluding hydrogens is 600 g/mol. The van der Waals surface area contributed by atoms with E-state index in [-0.39, 0.29) is 57.1 Å². The monoisotopic (exact) mass is 642 g/mol. The van der Waals surface area contributed by atoms with Crippen molar-refractivity contribution < 1.29 is 29.0 Å². The van der Waals surface area contributed by atoms with Gasteiger partial charge in [0.15, 0.2) is 0 Å². The third-order valence-electron chi connectivity index (χ3n) is 9.76. The Hall–Kier alpha value is -4.55. The number of hydrogen-bond acceptors (Lipinski definition) is 8. The quantitative estimate of drug-likeness (QED) is 0.266. The van der Waals surface area contributed by atoms with Crippen molar-refractivity contribution in [3.63, 3.8) is 0 Å². The Morgan fingerprint density at radius 1 is 1.11 bits per heavy atom. The molecule has 3 fully saturated rings. The topological polar surface area (TPSA) is 130 Å². The van der Waals surface area contributed by atoms with Crippen molar-refractivity contribution in [2.24, 2.45) is 11.8 Å². The molecular formula is C35H42N6O6. The van der Waals surface area contributed by atoms with E-state index in [1.54, 1.807) is 38.8 Å². The number of benzene rings is 2. The van der Waals surface area contributed by atoms with Crippen LogP contribution in [0.3, 0.4) is 0 Å². The van der Waals surface area contributed by atoms with Gasteiger partial charge in [0.1, 0.15) is 29.6 Å². The van der Waals surface area contributed by atoms with E-state index in [4.69, 9.17) is 9.47 Å². The second kappa shape index (κ2) is 12.9. The molecule has 0 saturated carbocycles. The molecule has 3 amide bonds. The molecule has 3 aliphatic heterocycles. The Labute approximate surface area is 274 Å². The highest BCUT2D eigenvalue weighted by Gasteiger charge is 2.78. The minimum atomic E-state index is -1.22. The summed E-state index contributed by atoms with van der Waals surface area (Å²) in [6, 6.07) is 13.7. The molecule has 6 rings (SSSR count). The van der Waals surface area contributed by atoms with Crippen LogP contribution in [-0.4, -0.2) is 97.7 Å². The summed E-state index contributed by atoms with van der Waals surface area (Å²) in [6.45, 7) is 12.5. The Morgan fingerprint density at radius 3 is 2.55 bits per heavy atom. The predicted molar refractivity (Wildman–Crippen MR) is 175 cm³/mol. The number of carbonyl (C=O) groups is 3. The van der Waals surface area contributed by atoms with Gasteiger partial charge in [-0.3, -0.25) is 14.4 Å². The summed E-state index contributed by atoms with van der Waals surface area (Å²) in [5.74, 6) is -1.93. The van der Waals surface area contributed by atoms with Gasteiger partial charge in [-0.1, -0.05) is 29.5 Å². The summed E-state index contributed by atoms with van der Waals surface area (Å²) < 4.78 is 14.1. The first-order chi connectivity index (χ1) is 22.7. The fourth-order valence-electron chi connectivity index (χ4n) is 7.80. The molecule has 2 bridgehead atoms. The molecule has 12 nitrogen and oxygen atoms in total. The van der Waals surface area contributed by atoms with E-state index < -0.39 is 29.1 Å². The number of carbonyl (C=O) groups excluding carboxylic acids is 3. The van der Waals surface area contributed by atoms with Crippen LogP contribution in [0.4, 0.5) is 5.69 Å². The molecule has 3 aliphatic rings. The Bertz CT molecular complexity index is 1670. The highest BCUT2D eigenvalue weighted by atomic mass is 16.5. The smallest absolute Gasteiger partial charge is 0.250 e. The fraction of sp³-hybridized carbons (Fsp3) is 0.457. The van der Waals surface area contributed by atoms with Gasteiger partial charge in [0.05, 0.1) is 29.6 Å². The lowest BCUT2D eigenvalue weighted by Gasteiger charge is -2.36. The normalized spacial score (nSPS) is 26.0. The molecule has 4 heterocycles. The standard InChI is InChI=1S/C35H42N6O6/c1-5-19-38(23-41-27-12-9-8-11-26(27)36-37-41)33(45)30-35-18-17-34(4,47-35)28(29(35)32(44)40(30)21-10-22-42)31(43)39(20-6-2)24-13-15-25(16-14-24)46-7-3/h5-6,8-9,11-16,28-30,42H,1-2,7,10,17-23H2,3-4H3/t28-,29-,30?,34+,35?/m0/s1. The summed E-state index contributed by atoms with van der Waals surface area (Å²) in [5, 5.41) is 18.3. The van der Waals surface area contributed by atoms with Crippen LogP contribution in [0.1, 0.15) is 33.1 Å². The van der Waals surface area contributed by atoms with Crippen molar-refractivity contribution in [3.05, 3.63) is 73.8 Å². The van der Waals surface area contributed by atoms with E-state index in [1.165, 1.54) is 4.90 Å². The second-order valence-electron chi connectivity index (χ2n) is 12.6. The number of aliphatic hydroxyl groups excluding tert-OH is 1. The molecule has 248 valence electrons. The third-order valence-corrected chi connectivity index (χ3v) is 9.76. The van der Waals surface area contributed by atoms with Crippen LogP contribution in [-0.2, 0) is 25.8 Å². The molecule has 3 aromatic rings. The van der Waals surface area contributed by atoms with Gasteiger partial charge in [-0.05, 0) is 69.5 Å². The highest BCUT2D eigenvalue weighted by molar-refractivity contribution is 6.03. The zero-order chi connectivity index (χ0) is 33.3.